The number of unbranched alkanes of at least 4 members (excludes halogenated alkanes) is 3. The van der Waals surface area contributed by atoms with Gasteiger partial charge in [-0.1, -0.05) is 38.3 Å². The zero-order valence-corrected chi connectivity index (χ0v) is 18.2. The van der Waals surface area contributed by atoms with Gasteiger partial charge in [-0.3, -0.25) is 9.80 Å². The summed E-state index contributed by atoms with van der Waals surface area (Å²) in [5, 5.41) is 0. The third kappa shape index (κ3) is 6.93. The molecular weight excluding hydrogens is 364 g/mol. The van der Waals surface area contributed by atoms with Gasteiger partial charge in [0.25, 0.3) is 0 Å². The Kier molecular flexibility index (Phi) is 9.78. The fourth-order valence-corrected chi connectivity index (χ4v) is 3.49. The van der Waals surface area contributed by atoms with Crippen molar-refractivity contribution in [3.8, 4) is 5.75 Å². The minimum atomic E-state index is -0.242. The van der Waals surface area contributed by atoms with E-state index in [0.717, 1.165) is 49.2 Å². The monoisotopic (exact) mass is 400 g/mol. The predicted molar refractivity (Wildman–Crippen MR) is 120 cm³/mol. The summed E-state index contributed by atoms with van der Waals surface area (Å²) in [5.74, 6) is 0.803. The van der Waals surface area contributed by atoms with E-state index in [0.29, 0.717) is 13.2 Å². The summed E-state index contributed by atoms with van der Waals surface area (Å²) in [6.07, 6.45) is 11.7. The summed E-state index contributed by atoms with van der Waals surface area (Å²) in [6.45, 7) is 9.88. The van der Waals surface area contributed by atoms with E-state index in [1.165, 1.54) is 12.8 Å². The Bertz CT molecular complexity index is 687. The number of nitrogens with zero attached hydrogens (tertiary/aromatic N) is 2. The highest BCUT2D eigenvalue weighted by atomic mass is 16.6. The van der Waals surface area contributed by atoms with Crippen molar-refractivity contribution < 1.29 is 14.3 Å². The highest BCUT2D eigenvalue weighted by Gasteiger charge is 2.24. The first-order valence-corrected chi connectivity index (χ1v) is 10.8. The van der Waals surface area contributed by atoms with Gasteiger partial charge in [0, 0.05) is 13.1 Å². The molecule has 0 spiro atoms. The molecular formula is C24H36N2O3. The van der Waals surface area contributed by atoms with Gasteiger partial charge >= 0.3 is 6.09 Å². The van der Waals surface area contributed by atoms with E-state index in [9.17, 15) is 4.79 Å². The number of aryl methyl sites for hydroxylation is 1. The van der Waals surface area contributed by atoms with Crippen LogP contribution < -0.4 is 9.64 Å². The zero-order chi connectivity index (χ0) is 21.1. The number of hydrogen-bond donors (Lipinski definition) is 0. The van der Waals surface area contributed by atoms with Gasteiger partial charge in [0.05, 0.1) is 12.3 Å². The van der Waals surface area contributed by atoms with Crippen LogP contribution in [-0.2, 0) is 11.2 Å². The minimum Gasteiger partial charge on any atom is -0.472 e. The van der Waals surface area contributed by atoms with Crippen molar-refractivity contribution in [2.75, 3.05) is 31.6 Å². The number of fused-ring (bicyclic) bond motifs is 1. The molecule has 0 saturated carbocycles. The SMILES string of the molecule is C=CCN(C)C(C=CC)Oc1ccc2c(c1)CCCN2C(=O)OCCCCCC. The molecule has 2 rings (SSSR count). The molecule has 0 bridgehead atoms. The predicted octanol–water partition coefficient (Wildman–Crippen LogP) is 5.55. The Morgan fingerprint density at radius 2 is 2.17 bits per heavy atom. The summed E-state index contributed by atoms with van der Waals surface area (Å²) in [5.41, 5.74) is 2.06. The van der Waals surface area contributed by atoms with Crippen molar-refractivity contribution in [2.24, 2.45) is 0 Å². The molecule has 5 nitrogen and oxygen atoms in total. The molecule has 0 fully saturated rings. The third-order valence-corrected chi connectivity index (χ3v) is 5.08. The van der Waals surface area contributed by atoms with Crippen LogP contribution in [0, 0.1) is 0 Å². The third-order valence-electron chi connectivity index (χ3n) is 5.08. The lowest BCUT2D eigenvalue weighted by molar-refractivity contribution is 0.0947. The molecule has 1 heterocycles. The Morgan fingerprint density at radius 3 is 2.90 bits per heavy atom. The van der Waals surface area contributed by atoms with Crippen molar-refractivity contribution in [3.05, 3.63) is 48.6 Å². The number of ether oxygens (including phenoxy) is 2. The first kappa shape index (κ1) is 23.0. The lowest BCUT2D eigenvalue weighted by Crippen LogP contribution is -2.36. The lowest BCUT2D eigenvalue weighted by Gasteiger charge is -2.30. The molecule has 1 aromatic carbocycles. The number of benzene rings is 1. The first-order chi connectivity index (χ1) is 14.1. The standard InChI is InChI=1S/C24H36N2O3/c1-5-8-9-10-18-28-24(27)26-17-11-13-20-19-21(14-15-22(20)26)29-23(12-6-2)25(4)16-7-3/h6-7,12,14-15,19,23H,3,5,8-11,13,16-18H2,1-2,4H3. The van der Waals surface area contributed by atoms with Crippen LogP contribution in [0.4, 0.5) is 10.5 Å². The lowest BCUT2D eigenvalue weighted by atomic mass is 10.0. The second kappa shape index (κ2) is 12.3. The number of carbonyl (C=O) groups is 1. The van der Waals surface area contributed by atoms with Gasteiger partial charge in [-0.15, -0.1) is 6.58 Å². The second-order valence-electron chi connectivity index (χ2n) is 7.48. The van der Waals surface area contributed by atoms with E-state index >= 15 is 0 Å². The van der Waals surface area contributed by atoms with Crippen LogP contribution in [0.3, 0.4) is 0 Å². The van der Waals surface area contributed by atoms with Crippen LogP contribution in [0.15, 0.2) is 43.0 Å². The summed E-state index contributed by atoms with van der Waals surface area (Å²) < 4.78 is 11.7. The quantitative estimate of drug-likeness (QED) is 0.277. The van der Waals surface area contributed by atoms with Crippen LogP contribution in [0.25, 0.3) is 0 Å². The van der Waals surface area contributed by atoms with Crippen LogP contribution in [0.5, 0.6) is 5.75 Å². The molecule has 1 aromatic rings. The normalized spacial score (nSPS) is 14.7. The Hall–Kier alpha value is -2.27. The average molecular weight is 401 g/mol. The van der Waals surface area contributed by atoms with E-state index in [-0.39, 0.29) is 12.3 Å². The molecule has 29 heavy (non-hydrogen) atoms. The fourth-order valence-electron chi connectivity index (χ4n) is 3.49. The highest BCUT2D eigenvalue weighted by molar-refractivity contribution is 5.89. The molecule has 1 aliphatic heterocycles. The van der Waals surface area contributed by atoms with Gasteiger partial charge in [0.2, 0.25) is 0 Å². The molecule has 1 amide bonds. The number of likely N-dealkylation sites (N-methyl/N-ethyl adjacent to an activating group) is 1. The fraction of sp³-hybridized carbons (Fsp3) is 0.542. The van der Waals surface area contributed by atoms with Crippen molar-refractivity contribution in [1.82, 2.24) is 4.90 Å². The van der Waals surface area contributed by atoms with Crippen LogP contribution >= 0.6 is 0 Å². The Morgan fingerprint density at radius 1 is 1.34 bits per heavy atom. The number of rotatable bonds is 11. The molecule has 160 valence electrons. The van der Waals surface area contributed by atoms with E-state index in [2.05, 4.69) is 18.4 Å². The average Bonchev–Trinajstić information content (AvgIpc) is 2.72. The minimum absolute atomic E-state index is 0.163. The maximum absolute atomic E-state index is 12.5. The van der Waals surface area contributed by atoms with E-state index in [1.54, 1.807) is 4.90 Å². The summed E-state index contributed by atoms with van der Waals surface area (Å²) in [6, 6.07) is 5.96. The zero-order valence-electron chi connectivity index (χ0n) is 18.2. The van der Waals surface area contributed by atoms with Crippen molar-refractivity contribution in [3.63, 3.8) is 0 Å². The summed E-state index contributed by atoms with van der Waals surface area (Å²) in [7, 11) is 2.00. The largest absolute Gasteiger partial charge is 0.472 e. The molecule has 0 aromatic heterocycles. The van der Waals surface area contributed by atoms with Gasteiger partial charge in [-0.05, 0) is 63.1 Å². The van der Waals surface area contributed by atoms with Crippen molar-refractivity contribution >= 4 is 11.8 Å². The van der Waals surface area contributed by atoms with Gasteiger partial charge in [0.15, 0.2) is 6.23 Å². The molecule has 0 saturated heterocycles. The topological polar surface area (TPSA) is 42.0 Å². The summed E-state index contributed by atoms with van der Waals surface area (Å²) in [4.78, 5) is 16.4. The Labute approximate surface area is 176 Å². The van der Waals surface area contributed by atoms with Gasteiger partial charge in [-0.25, -0.2) is 4.79 Å². The highest BCUT2D eigenvalue weighted by Crippen LogP contribution is 2.31. The van der Waals surface area contributed by atoms with Crippen LogP contribution in [-0.4, -0.2) is 44.0 Å². The molecule has 0 radical (unpaired) electrons. The number of anilines is 1. The maximum Gasteiger partial charge on any atom is 0.414 e. The molecule has 0 N–H and O–H groups in total. The van der Waals surface area contributed by atoms with E-state index < -0.39 is 0 Å². The van der Waals surface area contributed by atoms with Gasteiger partial charge in [0.1, 0.15) is 5.75 Å². The van der Waals surface area contributed by atoms with Gasteiger partial charge in [-0.2, -0.15) is 0 Å². The molecule has 1 atom stereocenters. The van der Waals surface area contributed by atoms with Crippen LogP contribution in [0.1, 0.15) is 51.5 Å². The van der Waals surface area contributed by atoms with E-state index in [4.69, 9.17) is 9.47 Å². The molecule has 1 aliphatic rings. The molecule has 0 aliphatic carbocycles. The van der Waals surface area contributed by atoms with Gasteiger partial charge < -0.3 is 9.47 Å². The first-order valence-electron chi connectivity index (χ1n) is 10.8. The summed E-state index contributed by atoms with van der Waals surface area (Å²) >= 11 is 0. The Balaban J connectivity index is 2.04. The number of carbonyl (C=O) groups excluding carboxylic acids is 1. The number of amides is 1. The number of allylic oxidation sites excluding steroid dienone is 1. The smallest absolute Gasteiger partial charge is 0.414 e. The number of hydrogen-bond acceptors (Lipinski definition) is 4. The maximum atomic E-state index is 12.5. The van der Waals surface area contributed by atoms with Crippen LogP contribution in [0.2, 0.25) is 0 Å². The molecule has 5 heteroatoms. The van der Waals surface area contributed by atoms with Crippen molar-refractivity contribution in [2.45, 2.75) is 58.6 Å². The van der Waals surface area contributed by atoms with E-state index in [1.807, 2.05) is 50.4 Å². The second-order valence-corrected chi connectivity index (χ2v) is 7.48. The molecule has 1 unspecified atom stereocenters. The van der Waals surface area contributed by atoms with Crippen molar-refractivity contribution in [1.29, 1.82) is 0 Å².